The first-order chi connectivity index (χ1) is 7.16. The fraction of sp³-hybridized carbons (Fsp3) is 0.909. The Morgan fingerprint density at radius 1 is 1.40 bits per heavy atom. The van der Waals surface area contributed by atoms with Crippen LogP contribution in [-0.4, -0.2) is 24.4 Å². The molecule has 0 bridgehead atoms. The van der Waals surface area contributed by atoms with Crippen LogP contribution in [0.15, 0.2) is 0 Å². The second kappa shape index (κ2) is 4.49. The van der Waals surface area contributed by atoms with Gasteiger partial charge in [0.2, 0.25) is 6.29 Å². The third kappa shape index (κ3) is 2.49. The predicted molar refractivity (Wildman–Crippen MR) is 55.0 cm³/mol. The lowest BCUT2D eigenvalue weighted by Crippen LogP contribution is -2.41. The van der Waals surface area contributed by atoms with E-state index in [1.807, 2.05) is 6.92 Å². The van der Waals surface area contributed by atoms with Gasteiger partial charge in [-0.3, -0.25) is 4.79 Å². The first kappa shape index (κ1) is 10.9. The molecule has 4 heteroatoms. The Labute approximate surface area is 90.1 Å². The smallest absolute Gasteiger partial charge is 0.311 e. The SMILES string of the molecule is C[C@H]1C[C@@H](OC2CCCCC2N)OC1=O. The molecule has 0 aromatic carbocycles. The maximum Gasteiger partial charge on any atom is 0.311 e. The lowest BCUT2D eigenvalue weighted by Gasteiger charge is -2.30. The van der Waals surface area contributed by atoms with Crippen molar-refractivity contribution in [1.29, 1.82) is 0 Å². The molecule has 4 nitrogen and oxygen atoms in total. The number of rotatable bonds is 2. The summed E-state index contributed by atoms with van der Waals surface area (Å²) in [4.78, 5) is 11.2. The molecule has 1 saturated carbocycles. The van der Waals surface area contributed by atoms with Crippen LogP contribution in [-0.2, 0) is 14.3 Å². The van der Waals surface area contributed by atoms with Crippen LogP contribution in [0.1, 0.15) is 39.0 Å². The molecule has 0 aromatic rings. The van der Waals surface area contributed by atoms with E-state index in [-0.39, 0.29) is 30.3 Å². The van der Waals surface area contributed by atoms with Gasteiger partial charge in [-0.05, 0) is 12.8 Å². The van der Waals surface area contributed by atoms with Gasteiger partial charge < -0.3 is 15.2 Å². The molecule has 0 amide bonds. The summed E-state index contributed by atoms with van der Waals surface area (Å²) in [6, 6.07) is 0.105. The van der Waals surface area contributed by atoms with Crippen LogP contribution in [0.4, 0.5) is 0 Å². The van der Waals surface area contributed by atoms with Crippen molar-refractivity contribution in [3.63, 3.8) is 0 Å². The number of hydrogen-bond acceptors (Lipinski definition) is 4. The van der Waals surface area contributed by atoms with Crippen LogP contribution >= 0.6 is 0 Å². The summed E-state index contributed by atoms with van der Waals surface area (Å²) in [7, 11) is 0. The van der Waals surface area contributed by atoms with E-state index in [1.54, 1.807) is 0 Å². The number of hydrogen-bond donors (Lipinski definition) is 1. The average molecular weight is 213 g/mol. The minimum Gasteiger partial charge on any atom is -0.436 e. The molecule has 0 spiro atoms. The van der Waals surface area contributed by atoms with Crippen LogP contribution in [0.5, 0.6) is 0 Å². The fourth-order valence-electron chi connectivity index (χ4n) is 2.25. The minimum absolute atomic E-state index is 0.0326. The van der Waals surface area contributed by atoms with Crippen LogP contribution in [0.2, 0.25) is 0 Å². The summed E-state index contributed by atoms with van der Waals surface area (Å²) in [5.74, 6) is -0.181. The second-order valence-electron chi connectivity index (χ2n) is 4.63. The normalized spacial score (nSPS) is 41.6. The van der Waals surface area contributed by atoms with Crippen molar-refractivity contribution in [3.8, 4) is 0 Å². The molecule has 4 atom stereocenters. The van der Waals surface area contributed by atoms with Gasteiger partial charge in [-0.25, -0.2) is 0 Å². The molecular formula is C11H19NO3. The molecule has 0 radical (unpaired) electrons. The Kier molecular flexibility index (Phi) is 3.26. The maximum absolute atomic E-state index is 11.2. The Hall–Kier alpha value is -0.610. The van der Waals surface area contributed by atoms with Crippen molar-refractivity contribution < 1.29 is 14.3 Å². The van der Waals surface area contributed by atoms with Gasteiger partial charge in [-0.2, -0.15) is 0 Å². The molecule has 2 aliphatic rings. The largest absolute Gasteiger partial charge is 0.436 e. The number of cyclic esters (lactones) is 1. The van der Waals surface area contributed by atoms with Crippen molar-refractivity contribution in [3.05, 3.63) is 0 Å². The molecule has 2 fully saturated rings. The molecular weight excluding hydrogens is 194 g/mol. The monoisotopic (exact) mass is 213 g/mol. The Morgan fingerprint density at radius 2 is 2.13 bits per heavy atom. The van der Waals surface area contributed by atoms with E-state index < -0.39 is 0 Å². The number of carbonyl (C=O) groups excluding carboxylic acids is 1. The van der Waals surface area contributed by atoms with E-state index in [4.69, 9.17) is 15.2 Å². The lowest BCUT2D eigenvalue weighted by atomic mass is 9.93. The van der Waals surface area contributed by atoms with Crippen molar-refractivity contribution in [2.24, 2.45) is 11.7 Å². The zero-order valence-corrected chi connectivity index (χ0v) is 9.15. The van der Waals surface area contributed by atoms with Crippen molar-refractivity contribution in [2.45, 2.75) is 57.5 Å². The molecule has 1 saturated heterocycles. The summed E-state index contributed by atoms with van der Waals surface area (Å²) < 4.78 is 10.8. The Balaban J connectivity index is 1.83. The number of nitrogens with two attached hydrogens (primary N) is 1. The van der Waals surface area contributed by atoms with Crippen molar-refractivity contribution in [1.82, 2.24) is 0 Å². The van der Waals surface area contributed by atoms with Gasteiger partial charge in [0, 0.05) is 12.5 Å². The third-order valence-corrected chi connectivity index (χ3v) is 3.28. The van der Waals surface area contributed by atoms with Gasteiger partial charge >= 0.3 is 5.97 Å². The maximum atomic E-state index is 11.2. The van der Waals surface area contributed by atoms with Crippen molar-refractivity contribution >= 4 is 5.97 Å². The highest BCUT2D eigenvalue weighted by atomic mass is 16.7. The number of carbonyl (C=O) groups is 1. The molecule has 0 aromatic heterocycles. The molecule has 1 aliphatic carbocycles. The van der Waals surface area contributed by atoms with Crippen LogP contribution in [0.25, 0.3) is 0 Å². The van der Waals surface area contributed by atoms with E-state index in [9.17, 15) is 4.79 Å². The van der Waals surface area contributed by atoms with E-state index in [0.29, 0.717) is 6.42 Å². The third-order valence-electron chi connectivity index (χ3n) is 3.28. The van der Waals surface area contributed by atoms with Crippen LogP contribution < -0.4 is 5.73 Å². The van der Waals surface area contributed by atoms with E-state index >= 15 is 0 Å². The quantitative estimate of drug-likeness (QED) is 0.700. The summed E-state index contributed by atoms with van der Waals surface area (Å²) in [6.45, 7) is 1.87. The molecule has 2 unspecified atom stereocenters. The van der Waals surface area contributed by atoms with Crippen LogP contribution in [0.3, 0.4) is 0 Å². The highest BCUT2D eigenvalue weighted by Gasteiger charge is 2.35. The summed E-state index contributed by atoms with van der Waals surface area (Å²) in [5, 5.41) is 0. The van der Waals surface area contributed by atoms with Gasteiger partial charge in [0.15, 0.2) is 0 Å². The van der Waals surface area contributed by atoms with Gasteiger partial charge in [-0.1, -0.05) is 19.8 Å². The number of esters is 1. The van der Waals surface area contributed by atoms with Gasteiger partial charge in [-0.15, -0.1) is 0 Å². The lowest BCUT2D eigenvalue weighted by molar-refractivity contribution is -0.177. The van der Waals surface area contributed by atoms with Gasteiger partial charge in [0.25, 0.3) is 0 Å². The summed E-state index contributed by atoms with van der Waals surface area (Å²) in [6.07, 6.45) is 4.73. The highest BCUT2D eigenvalue weighted by Crippen LogP contribution is 2.27. The zero-order chi connectivity index (χ0) is 10.8. The molecule has 2 rings (SSSR count). The summed E-state index contributed by atoms with van der Waals surface area (Å²) in [5.41, 5.74) is 5.96. The highest BCUT2D eigenvalue weighted by molar-refractivity contribution is 5.73. The van der Waals surface area contributed by atoms with E-state index in [1.165, 1.54) is 6.42 Å². The average Bonchev–Trinajstić information content (AvgIpc) is 2.50. The van der Waals surface area contributed by atoms with E-state index in [0.717, 1.165) is 19.3 Å². The second-order valence-corrected chi connectivity index (χ2v) is 4.63. The molecule has 2 N–H and O–H groups in total. The Bertz CT molecular complexity index is 244. The first-order valence-electron chi connectivity index (χ1n) is 5.78. The summed E-state index contributed by atoms with van der Waals surface area (Å²) >= 11 is 0. The number of ether oxygens (including phenoxy) is 2. The fourth-order valence-corrected chi connectivity index (χ4v) is 2.25. The molecule has 86 valence electrons. The molecule has 1 heterocycles. The standard InChI is InChI=1S/C11H19NO3/c1-7-6-10(15-11(7)13)14-9-5-3-2-4-8(9)12/h7-10H,2-6,12H2,1H3/t7-,8?,9?,10-/m0/s1. The molecule has 15 heavy (non-hydrogen) atoms. The predicted octanol–water partition coefficient (Wildman–Crippen LogP) is 1.18. The molecule has 1 aliphatic heterocycles. The van der Waals surface area contributed by atoms with Gasteiger partial charge in [0.05, 0.1) is 12.0 Å². The van der Waals surface area contributed by atoms with Crippen molar-refractivity contribution in [2.75, 3.05) is 0 Å². The first-order valence-corrected chi connectivity index (χ1v) is 5.78. The van der Waals surface area contributed by atoms with Crippen LogP contribution in [0, 0.1) is 5.92 Å². The minimum atomic E-state index is -0.360. The van der Waals surface area contributed by atoms with Gasteiger partial charge in [0.1, 0.15) is 0 Å². The Morgan fingerprint density at radius 3 is 2.73 bits per heavy atom. The van der Waals surface area contributed by atoms with E-state index in [2.05, 4.69) is 0 Å². The topological polar surface area (TPSA) is 61.6 Å². The zero-order valence-electron chi connectivity index (χ0n) is 9.15.